The van der Waals surface area contributed by atoms with Crippen molar-refractivity contribution in [1.29, 1.82) is 0 Å². The number of allylic oxidation sites excluding steroid dienone is 2. The highest BCUT2D eigenvalue weighted by atomic mass is 19.1. The lowest BCUT2D eigenvalue weighted by Gasteiger charge is -2.29. The molecule has 3 aromatic carbocycles. The minimum Gasteiger partial charge on any atom is -0.497 e. The first-order valence-electron chi connectivity index (χ1n) is 12.8. The van der Waals surface area contributed by atoms with E-state index in [0.29, 0.717) is 23.7 Å². The van der Waals surface area contributed by atoms with Crippen LogP contribution in [0.2, 0.25) is 0 Å². The summed E-state index contributed by atoms with van der Waals surface area (Å²) in [4.78, 5) is 11.1. The number of methoxy groups -OCH3 is 1. The minimum absolute atomic E-state index is 0.0705. The Morgan fingerprint density at radius 1 is 1.03 bits per heavy atom. The zero-order valence-corrected chi connectivity index (χ0v) is 22.0. The van der Waals surface area contributed by atoms with Gasteiger partial charge >= 0.3 is 5.97 Å². The molecule has 1 N–H and O–H groups in total. The Balaban J connectivity index is 1.64. The molecule has 0 saturated carbocycles. The summed E-state index contributed by atoms with van der Waals surface area (Å²) in [7, 11) is 1.58. The van der Waals surface area contributed by atoms with Gasteiger partial charge in [0, 0.05) is 5.56 Å². The average molecular weight is 503 g/mol. The number of carboxylic acids is 1. The van der Waals surface area contributed by atoms with Crippen molar-refractivity contribution >= 4 is 11.5 Å². The van der Waals surface area contributed by atoms with Crippen LogP contribution in [0.25, 0.3) is 16.7 Å². The van der Waals surface area contributed by atoms with Gasteiger partial charge in [-0.05, 0) is 94.8 Å². The number of carbonyl (C=O) groups is 1. The summed E-state index contributed by atoms with van der Waals surface area (Å²) in [6.45, 7) is 6.80. The Kier molecular flexibility index (Phi) is 8.01. The third-order valence-electron chi connectivity index (χ3n) is 7.18. The Hall–Kier alpha value is -3.60. The molecular formula is C32H35FO4. The zero-order chi connectivity index (χ0) is 26.6. The van der Waals surface area contributed by atoms with Gasteiger partial charge in [0.2, 0.25) is 0 Å². The monoisotopic (exact) mass is 502 g/mol. The van der Waals surface area contributed by atoms with E-state index in [-0.39, 0.29) is 23.6 Å². The van der Waals surface area contributed by atoms with Gasteiger partial charge < -0.3 is 14.6 Å². The molecule has 0 radical (unpaired) electrons. The molecule has 0 amide bonds. The molecule has 1 aliphatic rings. The molecule has 0 unspecified atom stereocenters. The number of aliphatic carboxylic acids is 1. The lowest BCUT2D eigenvalue weighted by molar-refractivity contribution is -0.137. The third kappa shape index (κ3) is 6.59. The highest BCUT2D eigenvalue weighted by Crippen LogP contribution is 2.42. The second-order valence-corrected chi connectivity index (χ2v) is 10.7. The summed E-state index contributed by atoms with van der Waals surface area (Å²) in [6.07, 6.45) is 5.34. The van der Waals surface area contributed by atoms with Crippen molar-refractivity contribution in [3.63, 3.8) is 0 Å². The van der Waals surface area contributed by atoms with Gasteiger partial charge in [-0.25, -0.2) is 4.39 Å². The van der Waals surface area contributed by atoms with E-state index in [1.165, 1.54) is 11.6 Å². The molecule has 0 spiro atoms. The van der Waals surface area contributed by atoms with Crippen LogP contribution in [0.15, 0.2) is 66.7 Å². The predicted molar refractivity (Wildman–Crippen MR) is 145 cm³/mol. The van der Waals surface area contributed by atoms with Gasteiger partial charge in [-0.3, -0.25) is 4.79 Å². The number of ether oxygens (including phenoxy) is 2. The molecule has 0 fully saturated rings. The van der Waals surface area contributed by atoms with Crippen LogP contribution in [0.5, 0.6) is 11.5 Å². The van der Waals surface area contributed by atoms with Gasteiger partial charge in [0.25, 0.3) is 0 Å². The summed E-state index contributed by atoms with van der Waals surface area (Å²) in [5.41, 5.74) is 5.78. The van der Waals surface area contributed by atoms with Crippen LogP contribution in [0.3, 0.4) is 0 Å². The predicted octanol–water partition coefficient (Wildman–Crippen LogP) is 8.25. The van der Waals surface area contributed by atoms with Crippen LogP contribution in [-0.2, 0) is 11.4 Å². The lowest BCUT2D eigenvalue weighted by Crippen LogP contribution is -2.14. The second kappa shape index (κ2) is 11.2. The first-order chi connectivity index (χ1) is 17.6. The van der Waals surface area contributed by atoms with E-state index in [1.807, 2.05) is 43.3 Å². The summed E-state index contributed by atoms with van der Waals surface area (Å²) in [5, 5.41) is 9.11. The van der Waals surface area contributed by atoms with Crippen molar-refractivity contribution in [1.82, 2.24) is 0 Å². The molecule has 5 heteroatoms. The molecule has 194 valence electrons. The molecule has 3 aromatic rings. The highest BCUT2D eigenvalue weighted by molar-refractivity contribution is 5.83. The Morgan fingerprint density at radius 2 is 1.84 bits per heavy atom. The highest BCUT2D eigenvalue weighted by Gasteiger charge is 2.24. The van der Waals surface area contributed by atoms with Crippen molar-refractivity contribution in [3.05, 3.63) is 89.2 Å². The third-order valence-corrected chi connectivity index (χ3v) is 7.18. The van der Waals surface area contributed by atoms with Crippen molar-refractivity contribution < 1.29 is 23.8 Å². The minimum atomic E-state index is -0.820. The maximum Gasteiger partial charge on any atom is 0.303 e. The van der Waals surface area contributed by atoms with E-state index in [9.17, 15) is 9.18 Å². The maximum atomic E-state index is 15.0. The quantitative estimate of drug-likeness (QED) is 0.320. The fourth-order valence-corrected chi connectivity index (χ4v) is 4.80. The van der Waals surface area contributed by atoms with Crippen molar-refractivity contribution in [2.75, 3.05) is 7.11 Å². The first-order valence-corrected chi connectivity index (χ1v) is 12.8. The molecule has 1 aliphatic carbocycles. The van der Waals surface area contributed by atoms with Crippen LogP contribution < -0.4 is 9.47 Å². The maximum absolute atomic E-state index is 15.0. The van der Waals surface area contributed by atoms with Crippen LogP contribution in [0.4, 0.5) is 4.39 Å². The number of hydrogen-bond donors (Lipinski definition) is 1. The Labute approximate surface area is 218 Å². The topological polar surface area (TPSA) is 55.8 Å². The van der Waals surface area contributed by atoms with Crippen LogP contribution in [-0.4, -0.2) is 18.2 Å². The fourth-order valence-electron chi connectivity index (χ4n) is 4.80. The summed E-state index contributed by atoms with van der Waals surface area (Å²) in [5.74, 6) is 0.102. The number of hydrogen-bond acceptors (Lipinski definition) is 3. The molecule has 4 nitrogen and oxygen atoms in total. The molecule has 0 aromatic heterocycles. The van der Waals surface area contributed by atoms with Crippen LogP contribution >= 0.6 is 0 Å². The normalized spacial score (nSPS) is 15.5. The van der Waals surface area contributed by atoms with Gasteiger partial charge in [-0.2, -0.15) is 0 Å². The molecule has 4 rings (SSSR count). The van der Waals surface area contributed by atoms with E-state index in [4.69, 9.17) is 14.6 Å². The van der Waals surface area contributed by atoms with Crippen LogP contribution in [0.1, 0.15) is 69.1 Å². The summed E-state index contributed by atoms with van der Waals surface area (Å²) >= 11 is 0. The van der Waals surface area contributed by atoms with Gasteiger partial charge in [0.1, 0.15) is 23.9 Å². The van der Waals surface area contributed by atoms with Crippen molar-refractivity contribution in [2.45, 2.75) is 59.0 Å². The number of benzene rings is 3. The van der Waals surface area contributed by atoms with Gasteiger partial charge in [-0.1, -0.05) is 51.1 Å². The summed E-state index contributed by atoms with van der Waals surface area (Å²) < 4.78 is 26.5. The largest absolute Gasteiger partial charge is 0.497 e. The van der Waals surface area contributed by atoms with E-state index in [2.05, 4.69) is 26.0 Å². The lowest BCUT2D eigenvalue weighted by atomic mass is 9.76. The number of rotatable bonds is 9. The smallest absolute Gasteiger partial charge is 0.303 e. The molecule has 0 aliphatic heterocycles. The fraction of sp³-hybridized carbons (Fsp3) is 0.344. The van der Waals surface area contributed by atoms with E-state index >= 15 is 0 Å². The van der Waals surface area contributed by atoms with Gasteiger partial charge in [-0.15, -0.1) is 0 Å². The standard InChI is InChI=1S/C32H35FO4/c1-21(16-31(34)35)24-6-5-7-26(18-24)37-20-22-8-10-27(29-19-25(36-4)9-11-30(29)33)28(17-22)23-12-14-32(2,3)15-13-23/h5-12,17-19,21H,13-16,20H2,1-4H3,(H,34,35)/t21-/m0/s1. The molecular weight excluding hydrogens is 467 g/mol. The molecule has 0 heterocycles. The molecule has 0 bridgehead atoms. The number of carboxylic acid groups (broad SMARTS) is 1. The first kappa shape index (κ1) is 26.5. The van der Waals surface area contributed by atoms with Gasteiger partial charge in [0.05, 0.1) is 13.5 Å². The molecule has 1 atom stereocenters. The van der Waals surface area contributed by atoms with Crippen molar-refractivity contribution in [2.24, 2.45) is 5.41 Å². The van der Waals surface area contributed by atoms with Crippen LogP contribution in [0, 0.1) is 11.2 Å². The SMILES string of the molecule is COc1ccc(F)c(-c2ccc(COc3cccc([C@@H](C)CC(=O)O)c3)cc2C2=CCC(C)(C)CC2)c1. The zero-order valence-electron chi connectivity index (χ0n) is 22.0. The van der Waals surface area contributed by atoms with Gasteiger partial charge in [0.15, 0.2) is 0 Å². The second-order valence-electron chi connectivity index (χ2n) is 10.7. The van der Waals surface area contributed by atoms with E-state index in [0.717, 1.165) is 41.5 Å². The van der Waals surface area contributed by atoms with E-state index in [1.54, 1.807) is 19.2 Å². The number of halogens is 1. The van der Waals surface area contributed by atoms with Crippen molar-refractivity contribution in [3.8, 4) is 22.6 Å². The van der Waals surface area contributed by atoms with E-state index < -0.39 is 5.97 Å². The summed E-state index contributed by atoms with van der Waals surface area (Å²) in [6, 6.07) is 18.5. The molecule has 37 heavy (non-hydrogen) atoms. The Bertz CT molecular complexity index is 1310. The molecule has 0 saturated heterocycles. The average Bonchev–Trinajstić information content (AvgIpc) is 2.87. The Morgan fingerprint density at radius 3 is 2.54 bits per heavy atom.